The van der Waals surface area contributed by atoms with Crippen LogP contribution in [-0.4, -0.2) is 33.4 Å². The van der Waals surface area contributed by atoms with Gasteiger partial charge in [0.2, 0.25) is 5.91 Å². The van der Waals surface area contributed by atoms with Crippen LogP contribution in [0.1, 0.15) is 29.9 Å². The normalized spacial score (nSPS) is 12.1. The van der Waals surface area contributed by atoms with Gasteiger partial charge in [-0.15, -0.1) is 0 Å². The van der Waals surface area contributed by atoms with Crippen LogP contribution in [-0.2, 0) is 22.6 Å². The maximum atomic E-state index is 12.8. The number of ketones is 1. The molecule has 0 aliphatic rings. The molecule has 0 aliphatic carbocycles. The van der Waals surface area contributed by atoms with Crippen molar-refractivity contribution in [3.63, 3.8) is 0 Å². The molecule has 0 bridgehead atoms. The van der Waals surface area contributed by atoms with E-state index in [0.717, 1.165) is 5.56 Å². The van der Waals surface area contributed by atoms with Gasteiger partial charge in [0.15, 0.2) is 11.5 Å². The topological polar surface area (TPSA) is 107 Å². The second-order valence-electron chi connectivity index (χ2n) is 7.45. The van der Waals surface area contributed by atoms with Crippen molar-refractivity contribution in [2.45, 2.75) is 32.9 Å². The molecule has 2 aromatic carbocycles. The van der Waals surface area contributed by atoms with E-state index in [1.807, 2.05) is 19.9 Å². The van der Waals surface area contributed by atoms with E-state index in [-0.39, 0.29) is 36.3 Å². The molecule has 30 heavy (non-hydrogen) atoms. The van der Waals surface area contributed by atoms with Crippen molar-refractivity contribution in [2.24, 2.45) is 11.7 Å². The zero-order valence-electron chi connectivity index (χ0n) is 16.8. The van der Waals surface area contributed by atoms with Gasteiger partial charge in [-0.25, -0.2) is 0 Å². The number of nitrogens with two attached hydrogens (primary N) is 1. The van der Waals surface area contributed by atoms with Crippen molar-refractivity contribution in [3.8, 4) is 0 Å². The summed E-state index contributed by atoms with van der Waals surface area (Å²) in [6, 6.07) is 13.5. The Morgan fingerprint density at radius 3 is 2.53 bits per heavy atom. The van der Waals surface area contributed by atoms with Gasteiger partial charge in [0.25, 0.3) is 5.91 Å². The van der Waals surface area contributed by atoms with Gasteiger partial charge >= 0.3 is 0 Å². The number of fused-ring (bicyclic) bond motifs is 1. The standard InChI is InChI=1S/C22H23ClN4O3/c1-13(2)20(18(28)11-14-6-5-7-15(23)10-14)25-19(29)12-27-17-9-4-3-8-16(17)21(26-27)22(24)30/h3-10,13,20H,11-12H2,1-2H3,(H2,24,30)(H,25,29)/t20-/m0/s1. The van der Waals surface area contributed by atoms with E-state index in [9.17, 15) is 14.4 Å². The van der Waals surface area contributed by atoms with E-state index in [4.69, 9.17) is 17.3 Å². The summed E-state index contributed by atoms with van der Waals surface area (Å²) >= 11 is 5.99. The quantitative estimate of drug-likeness (QED) is 0.577. The summed E-state index contributed by atoms with van der Waals surface area (Å²) in [5.74, 6) is -1.25. The van der Waals surface area contributed by atoms with Gasteiger partial charge in [-0.3, -0.25) is 19.1 Å². The number of rotatable bonds is 8. The lowest BCUT2D eigenvalue weighted by Gasteiger charge is -2.21. The van der Waals surface area contributed by atoms with Crippen molar-refractivity contribution in [1.29, 1.82) is 0 Å². The fourth-order valence-corrected chi connectivity index (χ4v) is 3.57. The molecule has 0 aliphatic heterocycles. The Bertz CT molecular complexity index is 1110. The average molecular weight is 427 g/mol. The smallest absolute Gasteiger partial charge is 0.269 e. The lowest BCUT2D eigenvalue weighted by Crippen LogP contribution is -2.46. The largest absolute Gasteiger partial charge is 0.364 e. The van der Waals surface area contributed by atoms with Gasteiger partial charge in [0.05, 0.1) is 11.6 Å². The predicted octanol–water partition coefficient (Wildman–Crippen LogP) is 2.74. The Morgan fingerprint density at radius 2 is 1.87 bits per heavy atom. The first kappa shape index (κ1) is 21.5. The number of primary amides is 1. The Balaban J connectivity index is 1.75. The number of nitrogens with one attached hydrogen (secondary N) is 1. The SMILES string of the molecule is CC(C)[C@H](NC(=O)Cn1nc(C(N)=O)c2ccccc21)C(=O)Cc1cccc(Cl)c1. The molecule has 1 atom stereocenters. The number of halogens is 1. The molecule has 0 unspecified atom stereocenters. The molecule has 0 radical (unpaired) electrons. The monoisotopic (exact) mass is 426 g/mol. The van der Waals surface area contributed by atoms with Gasteiger partial charge < -0.3 is 11.1 Å². The summed E-state index contributed by atoms with van der Waals surface area (Å²) in [4.78, 5) is 37.2. The summed E-state index contributed by atoms with van der Waals surface area (Å²) in [5, 5.41) is 8.12. The van der Waals surface area contributed by atoms with Crippen LogP contribution < -0.4 is 11.1 Å². The highest BCUT2D eigenvalue weighted by molar-refractivity contribution is 6.30. The molecule has 0 saturated carbocycles. The summed E-state index contributed by atoms with van der Waals surface area (Å²) in [7, 11) is 0. The van der Waals surface area contributed by atoms with Crippen molar-refractivity contribution < 1.29 is 14.4 Å². The third kappa shape index (κ3) is 4.86. The number of hydrogen-bond donors (Lipinski definition) is 2. The zero-order chi connectivity index (χ0) is 21.8. The molecule has 8 heteroatoms. The van der Waals surface area contributed by atoms with Crippen LogP contribution in [0, 0.1) is 5.92 Å². The molecular weight excluding hydrogens is 404 g/mol. The van der Waals surface area contributed by atoms with Gasteiger partial charge in [-0.2, -0.15) is 5.10 Å². The Kier molecular flexibility index (Phi) is 6.52. The minimum Gasteiger partial charge on any atom is -0.364 e. The van der Waals surface area contributed by atoms with Gasteiger partial charge in [-0.1, -0.05) is 55.8 Å². The minimum absolute atomic E-state index is 0.101. The fourth-order valence-electron chi connectivity index (χ4n) is 3.36. The van der Waals surface area contributed by atoms with Gasteiger partial charge in [0, 0.05) is 16.8 Å². The number of para-hydroxylation sites is 1. The lowest BCUT2D eigenvalue weighted by atomic mass is 9.95. The first-order valence-electron chi connectivity index (χ1n) is 9.58. The number of carbonyl (C=O) groups is 3. The molecule has 1 heterocycles. The number of Topliss-reactive ketones (excluding diaryl/α,β-unsaturated/α-hetero) is 1. The van der Waals surface area contributed by atoms with E-state index >= 15 is 0 Å². The Hall–Kier alpha value is -3.19. The van der Waals surface area contributed by atoms with Crippen molar-refractivity contribution in [1.82, 2.24) is 15.1 Å². The highest BCUT2D eigenvalue weighted by atomic mass is 35.5. The molecule has 1 aromatic heterocycles. The number of aromatic nitrogens is 2. The molecular formula is C22H23ClN4O3. The van der Waals surface area contributed by atoms with E-state index in [0.29, 0.717) is 15.9 Å². The Labute approximate surface area is 179 Å². The third-order valence-electron chi connectivity index (χ3n) is 4.78. The summed E-state index contributed by atoms with van der Waals surface area (Å²) in [5.41, 5.74) is 6.91. The lowest BCUT2D eigenvalue weighted by molar-refractivity contribution is -0.128. The first-order valence-corrected chi connectivity index (χ1v) is 9.96. The van der Waals surface area contributed by atoms with Crippen LogP contribution in [0.3, 0.4) is 0 Å². The number of benzene rings is 2. The van der Waals surface area contributed by atoms with E-state index < -0.39 is 11.9 Å². The average Bonchev–Trinajstić information content (AvgIpc) is 3.04. The van der Waals surface area contributed by atoms with Crippen molar-refractivity contribution in [3.05, 3.63) is 64.8 Å². The highest BCUT2D eigenvalue weighted by Crippen LogP contribution is 2.18. The minimum atomic E-state index is -0.665. The van der Waals surface area contributed by atoms with Crippen molar-refractivity contribution in [2.75, 3.05) is 0 Å². The van der Waals surface area contributed by atoms with E-state index in [2.05, 4.69) is 10.4 Å². The molecule has 7 nitrogen and oxygen atoms in total. The highest BCUT2D eigenvalue weighted by Gasteiger charge is 2.25. The van der Waals surface area contributed by atoms with Crippen LogP contribution >= 0.6 is 11.6 Å². The second-order valence-corrected chi connectivity index (χ2v) is 7.89. The van der Waals surface area contributed by atoms with Crippen LogP contribution in [0.25, 0.3) is 10.9 Å². The van der Waals surface area contributed by atoms with Crippen LogP contribution in [0.4, 0.5) is 0 Å². The van der Waals surface area contributed by atoms with Crippen LogP contribution in [0.2, 0.25) is 5.02 Å². The summed E-state index contributed by atoms with van der Waals surface area (Å²) in [6.45, 7) is 3.60. The summed E-state index contributed by atoms with van der Waals surface area (Å²) < 4.78 is 1.42. The molecule has 3 N–H and O–H groups in total. The molecule has 156 valence electrons. The maximum Gasteiger partial charge on any atom is 0.269 e. The number of hydrogen-bond acceptors (Lipinski definition) is 4. The molecule has 0 spiro atoms. The molecule has 3 aromatic rings. The molecule has 3 rings (SSSR count). The number of amides is 2. The Morgan fingerprint density at radius 1 is 1.13 bits per heavy atom. The molecule has 2 amide bonds. The van der Waals surface area contributed by atoms with Crippen LogP contribution in [0.5, 0.6) is 0 Å². The second kappa shape index (κ2) is 9.09. The molecule has 0 fully saturated rings. The maximum absolute atomic E-state index is 12.8. The van der Waals surface area contributed by atoms with Gasteiger partial charge in [0.1, 0.15) is 6.54 Å². The third-order valence-corrected chi connectivity index (χ3v) is 5.02. The zero-order valence-corrected chi connectivity index (χ0v) is 17.5. The van der Waals surface area contributed by atoms with E-state index in [1.54, 1.807) is 42.5 Å². The van der Waals surface area contributed by atoms with Gasteiger partial charge in [-0.05, 0) is 29.7 Å². The van der Waals surface area contributed by atoms with Crippen LogP contribution in [0.15, 0.2) is 48.5 Å². The van der Waals surface area contributed by atoms with Crippen molar-refractivity contribution >= 4 is 40.1 Å². The molecule has 0 saturated heterocycles. The number of carbonyl (C=O) groups excluding carboxylic acids is 3. The predicted molar refractivity (Wildman–Crippen MR) is 115 cm³/mol. The number of nitrogens with zero attached hydrogens (tertiary/aromatic N) is 2. The first-order chi connectivity index (χ1) is 14.3. The summed E-state index contributed by atoms with van der Waals surface area (Å²) in [6.07, 6.45) is 0.167. The van der Waals surface area contributed by atoms with E-state index in [1.165, 1.54) is 4.68 Å². The fraction of sp³-hybridized carbons (Fsp3) is 0.273.